The molecule has 62 heavy (non-hydrogen) atoms. The molecule has 3 aliphatic rings. The lowest BCUT2D eigenvalue weighted by atomic mass is 9.96. The van der Waals surface area contributed by atoms with Gasteiger partial charge in [-0.05, 0) is 56.6 Å². The number of amides is 8. The Hall–Kier alpha value is -5.88. The summed E-state index contributed by atoms with van der Waals surface area (Å²) in [7, 11) is 0. The van der Waals surface area contributed by atoms with Gasteiger partial charge in [0.15, 0.2) is 0 Å². The highest BCUT2D eigenvalue weighted by molar-refractivity contribution is 5.99. The second-order valence-corrected chi connectivity index (χ2v) is 16.5. The largest absolute Gasteiger partial charge is 0.391 e. The van der Waals surface area contributed by atoms with Gasteiger partial charge < -0.3 is 51.9 Å². The van der Waals surface area contributed by atoms with Crippen LogP contribution in [0.5, 0.6) is 0 Å². The summed E-state index contributed by atoms with van der Waals surface area (Å²) in [5, 5.41) is 37.4. The van der Waals surface area contributed by atoms with Crippen LogP contribution in [0.15, 0.2) is 60.7 Å². The maximum atomic E-state index is 14.3. The molecule has 0 aliphatic carbocycles. The molecular formula is C44H60N8O10. The fraction of sp³-hybridized carbons (Fsp3) is 0.545. The summed E-state index contributed by atoms with van der Waals surface area (Å²) in [5.74, 6) is -6.33. The van der Waals surface area contributed by atoms with E-state index in [1.54, 1.807) is 67.6 Å². The number of benzene rings is 2. The zero-order chi connectivity index (χ0) is 45.1. The van der Waals surface area contributed by atoms with Crippen molar-refractivity contribution in [2.75, 3.05) is 19.6 Å². The molecule has 0 saturated carbocycles. The zero-order valence-electron chi connectivity index (χ0n) is 35.7. The van der Waals surface area contributed by atoms with E-state index in [0.29, 0.717) is 30.4 Å². The van der Waals surface area contributed by atoms with Crippen LogP contribution in [0, 0.1) is 5.92 Å². The van der Waals surface area contributed by atoms with E-state index in [1.807, 2.05) is 6.92 Å². The summed E-state index contributed by atoms with van der Waals surface area (Å²) in [6, 6.07) is 8.83. The molecule has 0 spiro atoms. The lowest BCUT2D eigenvalue weighted by Gasteiger charge is -2.34. The van der Waals surface area contributed by atoms with E-state index in [9.17, 15) is 48.6 Å². The van der Waals surface area contributed by atoms with Crippen molar-refractivity contribution < 1.29 is 48.6 Å². The molecule has 0 radical (unpaired) electrons. The zero-order valence-corrected chi connectivity index (χ0v) is 35.7. The summed E-state index contributed by atoms with van der Waals surface area (Å²) in [5.41, 5.74) is 1.37. The Labute approximate surface area is 361 Å². The first-order chi connectivity index (χ1) is 29.6. The van der Waals surface area contributed by atoms with Gasteiger partial charge in [0.1, 0.15) is 42.3 Å². The fourth-order valence-corrected chi connectivity index (χ4v) is 8.11. The van der Waals surface area contributed by atoms with Gasteiger partial charge in [0, 0.05) is 25.9 Å². The number of hydrogen-bond donors (Lipinski definition) is 8. The summed E-state index contributed by atoms with van der Waals surface area (Å²) >= 11 is 0. The first-order valence-corrected chi connectivity index (χ1v) is 21.4. The van der Waals surface area contributed by atoms with E-state index < -0.39 is 114 Å². The molecule has 3 fully saturated rings. The average Bonchev–Trinajstić information content (AvgIpc) is 3.96. The van der Waals surface area contributed by atoms with Gasteiger partial charge in [-0.3, -0.25) is 38.4 Å². The van der Waals surface area contributed by atoms with E-state index in [2.05, 4.69) is 31.9 Å². The minimum atomic E-state index is -1.53. The van der Waals surface area contributed by atoms with Crippen molar-refractivity contribution in [3.63, 3.8) is 0 Å². The third-order valence-corrected chi connectivity index (χ3v) is 11.8. The molecule has 2 aromatic carbocycles. The van der Waals surface area contributed by atoms with Gasteiger partial charge >= 0.3 is 0 Å². The number of carbonyl (C=O) groups excluding carboxylic acids is 8. The van der Waals surface area contributed by atoms with Crippen LogP contribution in [0.4, 0.5) is 0 Å². The molecule has 10 atom stereocenters. The van der Waals surface area contributed by atoms with Gasteiger partial charge in [-0.25, -0.2) is 0 Å². The minimum absolute atomic E-state index is 0.00267. The molecule has 3 saturated heterocycles. The second kappa shape index (κ2) is 21.8. The van der Waals surface area contributed by atoms with Crippen molar-refractivity contribution in [1.29, 1.82) is 0 Å². The Balaban J connectivity index is 1.52. The van der Waals surface area contributed by atoms with Crippen molar-refractivity contribution in [2.24, 2.45) is 5.92 Å². The Bertz CT molecular complexity index is 1930. The highest BCUT2D eigenvalue weighted by Crippen LogP contribution is 2.23. The van der Waals surface area contributed by atoms with E-state index in [0.717, 1.165) is 0 Å². The molecule has 0 bridgehead atoms. The third kappa shape index (κ3) is 11.9. The predicted octanol–water partition coefficient (Wildman–Crippen LogP) is -1.18. The fourth-order valence-electron chi connectivity index (χ4n) is 8.11. The molecule has 18 heteroatoms. The monoisotopic (exact) mass is 860 g/mol. The highest BCUT2D eigenvalue weighted by Gasteiger charge is 2.44. The number of rotatable bonds is 8. The summed E-state index contributed by atoms with van der Waals surface area (Å²) in [6.45, 7) is 5.75. The highest BCUT2D eigenvalue weighted by atomic mass is 16.3. The van der Waals surface area contributed by atoms with Crippen LogP contribution in [0.2, 0.25) is 0 Å². The van der Waals surface area contributed by atoms with Gasteiger partial charge in [0.2, 0.25) is 47.3 Å². The molecule has 5 rings (SSSR count). The number of carbonyl (C=O) groups is 8. The van der Waals surface area contributed by atoms with Gasteiger partial charge in [-0.1, -0.05) is 80.9 Å². The van der Waals surface area contributed by atoms with Gasteiger partial charge in [0.25, 0.3) is 0 Å². The van der Waals surface area contributed by atoms with Gasteiger partial charge in [-0.15, -0.1) is 0 Å². The molecular weight excluding hydrogens is 801 g/mol. The van der Waals surface area contributed by atoms with E-state index >= 15 is 0 Å². The molecule has 8 amide bonds. The number of nitrogens with one attached hydrogen (secondary N) is 6. The van der Waals surface area contributed by atoms with E-state index in [4.69, 9.17) is 0 Å². The number of aliphatic hydroxyl groups excluding tert-OH is 2. The van der Waals surface area contributed by atoms with Crippen LogP contribution in [-0.4, -0.2) is 141 Å². The number of aliphatic hydroxyl groups is 2. The van der Waals surface area contributed by atoms with Crippen LogP contribution in [0.25, 0.3) is 0 Å². The molecule has 18 nitrogen and oxygen atoms in total. The maximum Gasteiger partial charge on any atom is 0.248 e. The van der Waals surface area contributed by atoms with Crippen LogP contribution >= 0.6 is 0 Å². The Morgan fingerprint density at radius 3 is 1.47 bits per heavy atom. The SMILES string of the molecule is CCC(C)C1NC(=O)C2CCCN2C(=O)C(C(C)O)NC(=O)C2CCCN2C(=O)C(C(C)O)NC(=O)CNC(=O)C(Cc2ccccc2)NC(=O)C(Cc2ccccc2)NC1=O. The Morgan fingerprint density at radius 1 is 0.565 bits per heavy atom. The van der Waals surface area contributed by atoms with E-state index in [1.165, 1.54) is 23.6 Å². The van der Waals surface area contributed by atoms with Crippen molar-refractivity contribution in [2.45, 2.75) is 127 Å². The summed E-state index contributed by atoms with van der Waals surface area (Å²) in [6.07, 6.45) is -1.19. The molecule has 2 aromatic rings. The lowest BCUT2D eigenvalue weighted by molar-refractivity contribution is -0.147. The molecule has 3 aliphatic heterocycles. The van der Waals surface area contributed by atoms with Gasteiger partial charge in [-0.2, -0.15) is 0 Å². The topological polar surface area (TPSA) is 256 Å². The van der Waals surface area contributed by atoms with Crippen LogP contribution in [-0.2, 0) is 51.2 Å². The summed E-state index contributed by atoms with van der Waals surface area (Å²) in [4.78, 5) is 114. The molecule has 0 aromatic heterocycles. The van der Waals surface area contributed by atoms with Crippen molar-refractivity contribution >= 4 is 47.3 Å². The Kier molecular flexibility index (Phi) is 16.6. The molecule has 8 N–H and O–H groups in total. The van der Waals surface area contributed by atoms with Crippen molar-refractivity contribution in [1.82, 2.24) is 41.7 Å². The Morgan fingerprint density at radius 2 is 1.00 bits per heavy atom. The average molecular weight is 861 g/mol. The molecule has 336 valence electrons. The molecule has 3 heterocycles. The second-order valence-electron chi connectivity index (χ2n) is 16.5. The number of hydrogen-bond acceptors (Lipinski definition) is 10. The maximum absolute atomic E-state index is 14.3. The normalized spacial score (nSPS) is 27.9. The number of fused-ring (bicyclic) bond motifs is 2. The van der Waals surface area contributed by atoms with E-state index in [-0.39, 0.29) is 38.8 Å². The standard InChI is InChI=1S/C44H60N8O10/c1-5-25(2)35-42(60)47-31(23-29-16-10-7-11-17-29)39(57)46-30(22-28-14-8-6-9-15-28)38(56)45-24-34(55)48-36(26(3)53)43(61)51-20-13-19-33(51)41(59)50-37(27(4)54)44(62)52-21-12-18-32(52)40(58)49-35/h6-11,14-17,25-27,30-33,35-37,53-54H,5,12-13,18-24H2,1-4H3,(H,45,56)(H,46,57)(H,47,60)(H,48,55)(H,49,58)(H,50,59). The van der Waals surface area contributed by atoms with Gasteiger partial charge in [0.05, 0.1) is 18.8 Å². The third-order valence-electron chi connectivity index (χ3n) is 11.8. The smallest absolute Gasteiger partial charge is 0.248 e. The van der Waals surface area contributed by atoms with Crippen molar-refractivity contribution in [3.8, 4) is 0 Å². The van der Waals surface area contributed by atoms with Crippen molar-refractivity contribution in [3.05, 3.63) is 71.8 Å². The van der Waals surface area contributed by atoms with Crippen LogP contribution in [0.3, 0.4) is 0 Å². The minimum Gasteiger partial charge on any atom is -0.391 e. The quantitative estimate of drug-likeness (QED) is 0.158. The summed E-state index contributed by atoms with van der Waals surface area (Å²) < 4.78 is 0. The van der Waals surface area contributed by atoms with Crippen LogP contribution < -0.4 is 31.9 Å². The first-order valence-electron chi connectivity index (χ1n) is 21.4. The molecule has 10 unspecified atom stereocenters. The van der Waals surface area contributed by atoms with Crippen LogP contribution in [0.1, 0.15) is 70.9 Å². The lowest BCUT2D eigenvalue weighted by Crippen LogP contribution is -2.62. The predicted molar refractivity (Wildman–Crippen MR) is 225 cm³/mol. The number of nitrogens with zero attached hydrogens (tertiary/aromatic N) is 2. The first kappa shape index (κ1) is 47.2.